The zero-order valence-electron chi connectivity index (χ0n) is 19.0. The van der Waals surface area contributed by atoms with Crippen molar-refractivity contribution in [1.82, 2.24) is 15.2 Å². The lowest BCUT2D eigenvalue weighted by Gasteiger charge is -2.22. The summed E-state index contributed by atoms with van der Waals surface area (Å²) in [6, 6.07) is 15.8. The van der Waals surface area contributed by atoms with E-state index in [1.54, 1.807) is 0 Å². The number of nitrogens with one attached hydrogen (secondary N) is 1. The van der Waals surface area contributed by atoms with E-state index in [1.165, 1.54) is 4.90 Å². The number of carboxylic acid groups (broad SMARTS) is 1. The van der Waals surface area contributed by atoms with Gasteiger partial charge in [-0.15, -0.1) is 0 Å². The number of likely N-dealkylation sites (tertiary alicyclic amines) is 1. The fourth-order valence-corrected chi connectivity index (χ4v) is 5.03. The van der Waals surface area contributed by atoms with Gasteiger partial charge in [0.1, 0.15) is 6.61 Å². The molecule has 2 heterocycles. The molecular weight excluding hydrogens is 450 g/mol. The van der Waals surface area contributed by atoms with Gasteiger partial charge < -0.3 is 24.5 Å². The first-order chi connectivity index (χ1) is 17.0. The minimum Gasteiger partial charge on any atom is -0.481 e. The number of rotatable bonds is 7. The molecule has 0 bridgehead atoms. The number of oxazole rings is 1. The molecule has 180 valence electrons. The van der Waals surface area contributed by atoms with Gasteiger partial charge in [0.05, 0.1) is 13.0 Å². The largest absolute Gasteiger partial charge is 0.481 e. The van der Waals surface area contributed by atoms with Crippen LogP contribution in [0.25, 0.3) is 11.1 Å². The van der Waals surface area contributed by atoms with Crippen molar-refractivity contribution in [2.75, 3.05) is 13.2 Å². The monoisotopic (exact) mass is 475 g/mol. The average Bonchev–Trinajstić information content (AvgIpc) is 3.58. The molecule has 35 heavy (non-hydrogen) atoms. The number of hydrogen-bond acceptors (Lipinski definition) is 6. The molecule has 1 saturated heterocycles. The van der Waals surface area contributed by atoms with Crippen LogP contribution in [0.4, 0.5) is 4.79 Å². The Morgan fingerprint density at radius 2 is 1.77 bits per heavy atom. The van der Waals surface area contributed by atoms with Gasteiger partial charge in [-0.2, -0.15) is 0 Å². The Balaban J connectivity index is 1.20. The van der Waals surface area contributed by atoms with Crippen LogP contribution < -0.4 is 5.32 Å². The van der Waals surface area contributed by atoms with Gasteiger partial charge in [0.25, 0.3) is 5.91 Å². The first-order valence-corrected chi connectivity index (χ1v) is 11.6. The smallest absolute Gasteiger partial charge is 0.407 e. The third-order valence-electron chi connectivity index (χ3n) is 6.63. The van der Waals surface area contributed by atoms with E-state index in [-0.39, 0.29) is 43.0 Å². The van der Waals surface area contributed by atoms with Crippen LogP contribution in [-0.2, 0) is 16.1 Å². The first-order valence-electron chi connectivity index (χ1n) is 11.6. The fourth-order valence-electron chi connectivity index (χ4n) is 5.03. The van der Waals surface area contributed by atoms with E-state index in [4.69, 9.17) is 14.3 Å². The molecular formula is C26H25N3O6. The van der Waals surface area contributed by atoms with Crippen LogP contribution in [0.3, 0.4) is 0 Å². The van der Waals surface area contributed by atoms with Crippen LogP contribution in [0, 0.1) is 0 Å². The predicted octanol–water partition coefficient (Wildman–Crippen LogP) is 3.79. The second-order valence-corrected chi connectivity index (χ2v) is 8.70. The van der Waals surface area contributed by atoms with E-state index in [0.717, 1.165) is 35.1 Å². The molecule has 2 aliphatic rings. The van der Waals surface area contributed by atoms with Gasteiger partial charge >= 0.3 is 12.1 Å². The number of alkyl carbamates (subject to hydrolysis) is 1. The van der Waals surface area contributed by atoms with Crippen molar-refractivity contribution in [2.24, 2.45) is 0 Å². The highest BCUT2D eigenvalue weighted by Gasteiger charge is 2.34. The zero-order valence-corrected chi connectivity index (χ0v) is 19.0. The molecule has 0 radical (unpaired) electrons. The number of aliphatic carboxylic acids is 1. The number of carbonyl (C=O) groups is 3. The fraction of sp³-hybridized carbons (Fsp3) is 0.308. The lowest BCUT2D eigenvalue weighted by Crippen LogP contribution is -2.37. The molecule has 9 nitrogen and oxygen atoms in total. The molecule has 2 N–H and O–H groups in total. The Morgan fingerprint density at radius 1 is 1.09 bits per heavy atom. The van der Waals surface area contributed by atoms with Crippen molar-refractivity contribution in [3.05, 3.63) is 77.5 Å². The van der Waals surface area contributed by atoms with Crippen LogP contribution in [0.1, 0.15) is 52.6 Å². The summed E-state index contributed by atoms with van der Waals surface area (Å²) in [7, 11) is 0. The maximum absolute atomic E-state index is 13.0. The highest BCUT2D eigenvalue weighted by atomic mass is 16.5. The summed E-state index contributed by atoms with van der Waals surface area (Å²) in [6.45, 7) is 0.560. The highest BCUT2D eigenvalue weighted by molar-refractivity contribution is 5.94. The number of amides is 2. The number of ether oxygens (including phenoxy) is 1. The molecule has 2 aromatic carbocycles. The van der Waals surface area contributed by atoms with Crippen molar-refractivity contribution < 1.29 is 28.6 Å². The maximum atomic E-state index is 13.0. The number of aromatic nitrogens is 1. The van der Waals surface area contributed by atoms with E-state index in [1.807, 2.05) is 36.4 Å². The van der Waals surface area contributed by atoms with Gasteiger partial charge in [0.2, 0.25) is 0 Å². The van der Waals surface area contributed by atoms with Crippen molar-refractivity contribution in [3.63, 3.8) is 0 Å². The van der Waals surface area contributed by atoms with Crippen LogP contribution in [0.15, 0.2) is 59.3 Å². The van der Waals surface area contributed by atoms with E-state index in [0.29, 0.717) is 13.0 Å². The van der Waals surface area contributed by atoms with Crippen molar-refractivity contribution >= 4 is 18.0 Å². The van der Waals surface area contributed by atoms with Gasteiger partial charge in [-0.25, -0.2) is 9.78 Å². The zero-order chi connectivity index (χ0) is 24.4. The molecule has 9 heteroatoms. The Labute approximate surface area is 201 Å². The Kier molecular flexibility index (Phi) is 6.22. The Bertz CT molecular complexity index is 1220. The minimum absolute atomic E-state index is 0.0584. The van der Waals surface area contributed by atoms with Crippen molar-refractivity contribution in [2.45, 2.75) is 37.8 Å². The molecule has 1 fully saturated rings. The topological polar surface area (TPSA) is 122 Å². The second kappa shape index (κ2) is 9.61. The Hall–Kier alpha value is -4.14. The average molecular weight is 476 g/mol. The first kappa shape index (κ1) is 22.6. The van der Waals surface area contributed by atoms with Crippen LogP contribution in [0.2, 0.25) is 0 Å². The standard InChI is InChI=1S/C26H25N3O6/c30-23(31)12-16-6-5-11-29(16)25(32)24-22(35-15-28-24)13-27-26(33)34-14-21-19-9-3-1-7-17(19)18-8-2-4-10-20(18)21/h1-4,7-10,15-16,21H,5-6,11-14H2,(H,27,33)(H,30,31)/t16-/m1/s1. The SMILES string of the molecule is O=C(O)C[C@H]1CCCN1C(=O)c1ncoc1CNC(=O)OCC1c2ccccc2-c2ccccc21. The van der Waals surface area contributed by atoms with Gasteiger partial charge in [-0.05, 0) is 35.1 Å². The molecule has 0 saturated carbocycles. The summed E-state index contributed by atoms with van der Waals surface area (Å²) in [4.78, 5) is 42.1. The molecule has 1 aliphatic carbocycles. The van der Waals surface area contributed by atoms with Crippen molar-refractivity contribution in [1.29, 1.82) is 0 Å². The molecule has 1 aliphatic heterocycles. The molecule has 2 amide bonds. The molecule has 1 atom stereocenters. The summed E-state index contributed by atoms with van der Waals surface area (Å²) in [6.07, 6.45) is 1.76. The number of nitrogens with zero attached hydrogens (tertiary/aromatic N) is 2. The molecule has 0 unspecified atom stereocenters. The second-order valence-electron chi connectivity index (χ2n) is 8.70. The van der Waals surface area contributed by atoms with Gasteiger partial charge in [0.15, 0.2) is 17.8 Å². The third kappa shape index (κ3) is 4.49. The van der Waals surface area contributed by atoms with Crippen molar-refractivity contribution in [3.8, 4) is 11.1 Å². The van der Waals surface area contributed by atoms with Crippen LogP contribution in [-0.4, -0.2) is 52.2 Å². The lowest BCUT2D eigenvalue weighted by molar-refractivity contribution is -0.137. The number of carboxylic acids is 1. The number of carbonyl (C=O) groups excluding carboxylic acids is 2. The van der Waals surface area contributed by atoms with Crippen LogP contribution >= 0.6 is 0 Å². The third-order valence-corrected chi connectivity index (χ3v) is 6.63. The molecule has 0 spiro atoms. The van der Waals surface area contributed by atoms with E-state index in [9.17, 15) is 14.4 Å². The molecule has 5 rings (SSSR count). The minimum atomic E-state index is -0.952. The summed E-state index contributed by atoms with van der Waals surface area (Å²) in [5, 5.41) is 11.7. The Morgan fingerprint density at radius 3 is 2.46 bits per heavy atom. The summed E-state index contributed by atoms with van der Waals surface area (Å²) in [5.74, 6) is -1.21. The van der Waals surface area contributed by atoms with E-state index < -0.39 is 18.0 Å². The molecule has 3 aromatic rings. The molecule has 1 aromatic heterocycles. The summed E-state index contributed by atoms with van der Waals surface area (Å²) in [5.41, 5.74) is 4.59. The number of fused-ring (bicyclic) bond motifs is 3. The number of hydrogen-bond donors (Lipinski definition) is 2. The predicted molar refractivity (Wildman–Crippen MR) is 125 cm³/mol. The lowest BCUT2D eigenvalue weighted by atomic mass is 9.98. The van der Waals surface area contributed by atoms with Gasteiger partial charge in [-0.1, -0.05) is 48.5 Å². The van der Waals surface area contributed by atoms with E-state index in [2.05, 4.69) is 22.4 Å². The highest BCUT2D eigenvalue weighted by Crippen LogP contribution is 2.44. The van der Waals surface area contributed by atoms with E-state index >= 15 is 0 Å². The number of benzene rings is 2. The summed E-state index contributed by atoms with van der Waals surface area (Å²) < 4.78 is 10.9. The maximum Gasteiger partial charge on any atom is 0.407 e. The normalized spacial score (nSPS) is 16.6. The van der Waals surface area contributed by atoms with Gasteiger partial charge in [-0.3, -0.25) is 9.59 Å². The quantitative estimate of drug-likeness (QED) is 0.533. The van der Waals surface area contributed by atoms with Gasteiger partial charge in [0, 0.05) is 18.5 Å². The summed E-state index contributed by atoms with van der Waals surface area (Å²) >= 11 is 0. The van der Waals surface area contributed by atoms with Crippen LogP contribution in [0.5, 0.6) is 0 Å².